The third-order valence-corrected chi connectivity index (χ3v) is 14.0. The van der Waals surface area contributed by atoms with E-state index in [0.29, 0.717) is 0 Å². The molecule has 2 aliphatic carbocycles. The summed E-state index contributed by atoms with van der Waals surface area (Å²) in [4.78, 5) is 4.79. The molecule has 0 fully saturated rings. The van der Waals surface area contributed by atoms with E-state index in [1.54, 1.807) is 0 Å². The molecule has 0 saturated heterocycles. The predicted molar refractivity (Wildman–Crippen MR) is 255 cm³/mol. The van der Waals surface area contributed by atoms with Crippen LogP contribution in [-0.4, -0.2) is 0 Å². The third-order valence-electron chi connectivity index (χ3n) is 14.0. The first-order chi connectivity index (χ1) is 29.5. The molecule has 8 aromatic carbocycles. The Balaban J connectivity index is 1.05. The Hall–Kier alpha value is -6.64. The van der Waals surface area contributed by atoms with Crippen LogP contribution in [0.4, 0.5) is 34.1 Å². The second kappa shape index (κ2) is 15.2. The summed E-state index contributed by atoms with van der Waals surface area (Å²) >= 11 is 0. The van der Waals surface area contributed by atoms with Gasteiger partial charge in [-0.15, -0.1) is 0 Å². The van der Waals surface area contributed by atoms with Gasteiger partial charge in [0.1, 0.15) is 0 Å². The van der Waals surface area contributed by atoms with E-state index in [4.69, 9.17) is 0 Å². The average molecular weight is 777 g/mol. The van der Waals surface area contributed by atoms with Gasteiger partial charge in [0.25, 0.3) is 0 Å². The van der Waals surface area contributed by atoms with Crippen molar-refractivity contribution in [3.05, 3.63) is 216 Å². The molecule has 0 unspecified atom stereocenters. The highest BCUT2D eigenvalue weighted by molar-refractivity contribution is 5.90. The standard InChI is InChI=1S/C58H52N2/c1-5-57(6-2)53-37-41(29-33-49(53)51-35-31-47(39-55(51)57)59(43-21-13-9-14-22-43)44-23-15-10-16-24-44)42-30-34-50-52-36-32-48(40-56(52)58(7-3,8-4)54(50)38-42)60(45-25-17-11-18-26-45)46-27-19-12-20-28-46/h9-40H,5-8H2,1-4H3. The molecule has 10 rings (SSSR count). The van der Waals surface area contributed by atoms with Gasteiger partial charge in [-0.3, -0.25) is 0 Å². The van der Waals surface area contributed by atoms with Crippen molar-refractivity contribution in [1.82, 2.24) is 0 Å². The second-order valence-corrected chi connectivity index (χ2v) is 16.6. The van der Waals surface area contributed by atoms with Gasteiger partial charge in [0.05, 0.1) is 0 Å². The lowest BCUT2D eigenvalue weighted by Crippen LogP contribution is -2.24. The summed E-state index contributed by atoms with van der Waals surface area (Å²) in [6.45, 7) is 9.51. The van der Waals surface area contributed by atoms with Crippen LogP contribution < -0.4 is 9.80 Å². The van der Waals surface area contributed by atoms with Gasteiger partial charge in [-0.2, -0.15) is 0 Å². The van der Waals surface area contributed by atoms with E-state index >= 15 is 0 Å². The summed E-state index contributed by atoms with van der Waals surface area (Å²) in [5, 5.41) is 0. The van der Waals surface area contributed by atoms with Crippen molar-refractivity contribution in [2.45, 2.75) is 64.2 Å². The van der Waals surface area contributed by atoms with Crippen LogP contribution in [0, 0.1) is 0 Å². The van der Waals surface area contributed by atoms with Crippen LogP contribution in [0.15, 0.2) is 194 Å². The Labute approximate surface area is 356 Å². The number of hydrogen-bond acceptors (Lipinski definition) is 2. The Morgan fingerprint density at radius 1 is 0.283 bits per heavy atom. The number of anilines is 6. The van der Waals surface area contributed by atoms with E-state index in [-0.39, 0.29) is 10.8 Å². The van der Waals surface area contributed by atoms with E-state index in [0.717, 1.165) is 48.4 Å². The summed E-state index contributed by atoms with van der Waals surface area (Å²) in [6.07, 6.45) is 4.14. The Kier molecular flexibility index (Phi) is 9.52. The van der Waals surface area contributed by atoms with Crippen molar-refractivity contribution in [1.29, 1.82) is 0 Å². The molecule has 0 heterocycles. The van der Waals surface area contributed by atoms with E-state index in [1.807, 2.05) is 0 Å². The molecule has 2 nitrogen and oxygen atoms in total. The zero-order valence-corrected chi connectivity index (χ0v) is 35.2. The van der Waals surface area contributed by atoms with Crippen LogP contribution in [0.5, 0.6) is 0 Å². The number of fused-ring (bicyclic) bond motifs is 6. The Bertz CT molecular complexity index is 2520. The average Bonchev–Trinajstić information content (AvgIpc) is 3.76. The molecule has 294 valence electrons. The summed E-state index contributed by atoms with van der Waals surface area (Å²) in [5.74, 6) is 0. The van der Waals surface area contributed by atoms with Gasteiger partial charge in [0, 0.05) is 45.0 Å². The molecule has 0 amide bonds. The van der Waals surface area contributed by atoms with Crippen LogP contribution in [0.25, 0.3) is 33.4 Å². The van der Waals surface area contributed by atoms with Gasteiger partial charge >= 0.3 is 0 Å². The van der Waals surface area contributed by atoms with Gasteiger partial charge in [-0.05, 0) is 166 Å². The van der Waals surface area contributed by atoms with Crippen molar-refractivity contribution in [3.8, 4) is 33.4 Å². The van der Waals surface area contributed by atoms with Crippen LogP contribution in [-0.2, 0) is 10.8 Å². The van der Waals surface area contributed by atoms with Crippen LogP contribution in [0.1, 0.15) is 75.6 Å². The van der Waals surface area contributed by atoms with Crippen molar-refractivity contribution >= 4 is 34.1 Å². The lowest BCUT2D eigenvalue weighted by atomic mass is 9.72. The number of rotatable bonds is 11. The van der Waals surface area contributed by atoms with E-state index in [1.165, 1.54) is 67.0 Å². The molecule has 0 aliphatic heterocycles. The maximum Gasteiger partial charge on any atom is 0.0465 e. The van der Waals surface area contributed by atoms with Crippen molar-refractivity contribution in [2.24, 2.45) is 0 Å². The fourth-order valence-corrected chi connectivity index (χ4v) is 10.8. The fourth-order valence-electron chi connectivity index (χ4n) is 10.8. The molecule has 2 aliphatic rings. The first kappa shape index (κ1) is 37.6. The number of hydrogen-bond donors (Lipinski definition) is 0. The number of para-hydroxylation sites is 4. The van der Waals surface area contributed by atoms with Gasteiger partial charge in [-0.1, -0.05) is 137 Å². The first-order valence-corrected chi connectivity index (χ1v) is 21.9. The molecule has 0 spiro atoms. The van der Waals surface area contributed by atoms with Gasteiger partial charge < -0.3 is 9.80 Å². The van der Waals surface area contributed by atoms with Gasteiger partial charge in [0.2, 0.25) is 0 Å². The molecule has 60 heavy (non-hydrogen) atoms. The highest BCUT2D eigenvalue weighted by Gasteiger charge is 2.43. The molecule has 8 aromatic rings. The zero-order valence-electron chi connectivity index (χ0n) is 35.2. The summed E-state index contributed by atoms with van der Waals surface area (Å²) in [5.41, 5.74) is 20.7. The topological polar surface area (TPSA) is 6.48 Å². The quantitative estimate of drug-likeness (QED) is 0.129. The minimum Gasteiger partial charge on any atom is -0.310 e. The first-order valence-electron chi connectivity index (χ1n) is 21.9. The van der Waals surface area contributed by atoms with E-state index in [2.05, 4.69) is 232 Å². The predicted octanol–water partition coefficient (Wildman–Crippen LogP) is 16.5. The highest BCUT2D eigenvalue weighted by Crippen LogP contribution is 2.57. The van der Waals surface area contributed by atoms with Gasteiger partial charge in [0.15, 0.2) is 0 Å². The second-order valence-electron chi connectivity index (χ2n) is 16.6. The van der Waals surface area contributed by atoms with Crippen LogP contribution >= 0.6 is 0 Å². The molecule has 0 radical (unpaired) electrons. The molecular formula is C58H52N2. The zero-order chi connectivity index (χ0) is 40.8. The molecule has 0 saturated carbocycles. The minimum absolute atomic E-state index is 0.0843. The normalized spacial score (nSPS) is 13.9. The largest absolute Gasteiger partial charge is 0.310 e. The monoisotopic (exact) mass is 776 g/mol. The summed E-state index contributed by atoms with van der Waals surface area (Å²) in [6, 6.07) is 72.0. The Morgan fingerprint density at radius 2 is 0.550 bits per heavy atom. The number of nitrogens with zero attached hydrogens (tertiary/aromatic N) is 2. The van der Waals surface area contributed by atoms with Crippen molar-refractivity contribution in [3.63, 3.8) is 0 Å². The fraction of sp³-hybridized carbons (Fsp3) is 0.172. The molecular weight excluding hydrogens is 725 g/mol. The molecule has 0 atom stereocenters. The highest BCUT2D eigenvalue weighted by atomic mass is 15.1. The summed E-state index contributed by atoms with van der Waals surface area (Å²) in [7, 11) is 0. The maximum absolute atomic E-state index is 2.53. The Morgan fingerprint density at radius 3 is 0.833 bits per heavy atom. The lowest BCUT2D eigenvalue weighted by molar-refractivity contribution is 0.490. The smallest absolute Gasteiger partial charge is 0.0465 e. The molecule has 0 aromatic heterocycles. The summed E-state index contributed by atoms with van der Waals surface area (Å²) < 4.78 is 0. The van der Waals surface area contributed by atoms with E-state index in [9.17, 15) is 0 Å². The van der Waals surface area contributed by atoms with Crippen molar-refractivity contribution < 1.29 is 0 Å². The van der Waals surface area contributed by atoms with Crippen molar-refractivity contribution in [2.75, 3.05) is 9.80 Å². The molecule has 0 N–H and O–H groups in total. The SMILES string of the molecule is CCC1(CC)c2cc(-c3ccc4c(c3)C(CC)(CC)c3cc(N(c5ccccc5)c5ccccc5)ccc3-4)ccc2-c2ccc(N(c3ccccc3)c3ccccc3)cc21. The molecule has 2 heteroatoms. The molecule has 0 bridgehead atoms. The maximum atomic E-state index is 2.53. The lowest BCUT2D eigenvalue weighted by Gasteiger charge is -2.32. The third kappa shape index (κ3) is 5.84. The number of benzene rings is 8. The minimum atomic E-state index is -0.0843. The van der Waals surface area contributed by atoms with Crippen LogP contribution in [0.2, 0.25) is 0 Å². The van der Waals surface area contributed by atoms with E-state index < -0.39 is 0 Å². The van der Waals surface area contributed by atoms with Gasteiger partial charge in [-0.25, -0.2) is 0 Å². The van der Waals surface area contributed by atoms with Crippen LogP contribution in [0.3, 0.4) is 0 Å².